The van der Waals surface area contributed by atoms with Crippen molar-refractivity contribution in [1.82, 2.24) is 0 Å². The molecule has 0 saturated carbocycles. The fraction of sp³-hybridized carbons (Fsp3) is 1.00. The van der Waals surface area contributed by atoms with Crippen molar-refractivity contribution in [1.29, 1.82) is 0 Å². The Balaban J connectivity index is 2.08. The van der Waals surface area contributed by atoms with Crippen LogP contribution in [0.25, 0.3) is 0 Å². The average molecular weight is 291 g/mol. The average Bonchev–Trinajstić information content (AvgIpc) is 2.40. The number of sulfone groups is 1. The normalized spacial score (nSPS) is 29.3. The number of nitrogens with two attached hydrogens (primary N) is 1. The Hall–Kier alpha value is -0.170. The number of hydrogen-bond acceptors (Lipinski definition) is 5. The molecule has 2 atom stereocenters. The van der Waals surface area contributed by atoms with E-state index in [1.54, 1.807) is 6.92 Å². The lowest BCUT2D eigenvalue weighted by Gasteiger charge is -2.43. The molecule has 19 heavy (non-hydrogen) atoms. The van der Waals surface area contributed by atoms with E-state index in [1.807, 2.05) is 0 Å². The van der Waals surface area contributed by atoms with Crippen molar-refractivity contribution in [3.8, 4) is 0 Å². The van der Waals surface area contributed by atoms with Gasteiger partial charge in [0.2, 0.25) is 0 Å². The molecule has 1 spiro atoms. The minimum atomic E-state index is -3.10. The van der Waals surface area contributed by atoms with Crippen molar-refractivity contribution in [2.24, 2.45) is 5.73 Å². The summed E-state index contributed by atoms with van der Waals surface area (Å²) < 4.78 is 36.4. The molecular formula is C13H25NO4S. The molecule has 2 unspecified atom stereocenters. The number of rotatable bonds is 4. The van der Waals surface area contributed by atoms with Gasteiger partial charge in [-0.1, -0.05) is 0 Å². The summed E-state index contributed by atoms with van der Waals surface area (Å²) in [6.45, 7) is 4.08. The second-order valence-corrected chi connectivity index (χ2v) is 8.39. The highest BCUT2D eigenvalue weighted by Gasteiger charge is 2.44. The van der Waals surface area contributed by atoms with Gasteiger partial charge >= 0.3 is 0 Å². The van der Waals surface area contributed by atoms with E-state index in [2.05, 4.69) is 0 Å². The Kier molecular flexibility index (Phi) is 4.87. The third-order valence-electron chi connectivity index (χ3n) is 4.45. The summed E-state index contributed by atoms with van der Waals surface area (Å²) in [6, 6.07) is 0. The van der Waals surface area contributed by atoms with Crippen molar-refractivity contribution < 1.29 is 17.9 Å². The smallest absolute Gasteiger partial charge is 0.155 e. The summed E-state index contributed by atoms with van der Waals surface area (Å²) in [7, 11) is -3.10. The fourth-order valence-corrected chi connectivity index (χ4v) is 5.17. The minimum absolute atomic E-state index is 0.267. The van der Waals surface area contributed by atoms with E-state index in [0.29, 0.717) is 45.6 Å². The second-order valence-electron chi connectivity index (χ2n) is 5.74. The predicted octanol–water partition coefficient (Wildman–Crippen LogP) is 0.867. The molecule has 0 radical (unpaired) electrons. The van der Waals surface area contributed by atoms with E-state index < -0.39 is 9.84 Å². The standard InChI is InChI=1S/C13H25NO4S/c1-11(2-6-14)19(15,16)12-3-7-18-13(10-12)4-8-17-9-5-13/h11-12H,2-10,14H2,1H3. The van der Waals surface area contributed by atoms with Crippen LogP contribution >= 0.6 is 0 Å². The molecule has 2 N–H and O–H groups in total. The monoisotopic (exact) mass is 291 g/mol. The van der Waals surface area contributed by atoms with Gasteiger partial charge in [0.15, 0.2) is 9.84 Å². The molecule has 0 aromatic heterocycles. The molecule has 2 aliphatic rings. The lowest BCUT2D eigenvalue weighted by atomic mass is 9.86. The lowest BCUT2D eigenvalue weighted by molar-refractivity contribution is -0.132. The first-order chi connectivity index (χ1) is 9.00. The summed E-state index contributed by atoms with van der Waals surface area (Å²) in [4.78, 5) is 0. The quantitative estimate of drug-likeness (QED) is 0.831. The molecule has 2 aliphatic heterocycles. The predicted molar refractivity (Wildman–Crippen MR) is 73.8 cm³/mol. The Labute approximate surface area is 115 Å². The van der Waals surface area contributed by atoms with Crippen LogP contribution in [0.1, 0.15) is 39.0 Å². The first-order valence-electron chi connectivity index (χ1n) is 7.15. The highest BCUT2D eigenvalue weighted by Crippen LogP contribution is 2.37. The molecule has 0 aromatic carbocycles. The van der Waals surface area contributed by atoms with Gasteiger partial charge < -0.3 is 15.2 Å². The summed E-state index contributed by atoms with van der Waals surface area (Å²) >= 11 is 0. The van der Waals surface area contributed by atoms with Gasteiger partial charge in [0.1, 0.15) is 0 Å². The zero-order valence-corrected chi connectivity index (χ0v) is 12.5. The van der Waals surface area contributed by atoms with E-state index in [-0.39, 0.29) is 16.1 Å². The van der Waals surface area contributed by atoms with Crippen molar-refractivity contribution in [3.63, 3.8) is 0 Å². The first kappa shape index (κ1) is 15.2. The maximum absolute atomic E-state index is 12.6. The van der Waals surface area contributed by atoms with Crippen LogP contribution in [-0.4, -0.2) is 50.9 Å². The molecule has 112 valence electrons. The fourth-order valence-electron chi connectivity index (χ4n) is 3.08. The van der Waals surface area contributed by atoms with Crippen molar-refractivity contribution >= 4 is 9.84 Å². The first-order valence-corrected chi connectivity index (χ1v) is 8.76. The Morgan fingerprint density at radius 3 is 2.63 bits per heavy atom. The van der Waals surface area contributed by atoms with Gasteiger partial charge in [-0.15, -0.1) is 0 Å². The highest BCUT2D eigenvalue weighted by atomic mass is 32.2. The van der Waals surface area contributed by atoms with Crippen LogP contribution in [-0.2, 0) is 19.3 Å². The van der Waals surface area contributed by atoms with Crippen LogP contribution in [0.4, 0.5) is 0 Å². The van der Waals surface area contributed by atoms with Crippen LogP contribution in [0, 0.1) is 0 Å². The van der Waals surface area contributed by atoms with Crippen molar-refractivity contribution in [3.05, 3.63) is 0 Å². The van der Waals surface area contributed by atoms with E-state index in [9.17, 15) is 8.42 Å². The summed E-state index contributed by atoms with van der Waals surface area (Å²) in [5, 5.41) is -0.626. The molecule has 0 aliphatic carbocycles. The van der Waals surface area contributed by atoms with Crippen LogP contribution < -0.4 is 5.73 Å². The SMILES string of the molecule is CC(CCN)S(=O)(=O)C1CCOC2(CCOCC2)C1. The van der Waals surface area contributed by atoms with Gasteiger partial charge in [-0.25, -0.2) is 8.42 Å². The molecule has 0 bridgehead atoms. The van der Waals surface area contributed by atoms with Crippen LogP contribution in [0.3, 0.4) is 0 Å². The zero-order chi connectivity index (χ0) is 13.9. The van der Waals surface area contributed by atoms with E-state index >= 15 is 0 Å². The molecule has 2 fully saturated rings. The van der Waals surface area contributed by atoms with Gasteiger partial charge in [0.05, 0.1) is 16.1 Å². The maximum atomic E-state index is 12.6. The number of ether oxygens (including phenoxy) is 2. The van der Waals surface area contributed by atoms with Gasteiger partial charge in [-0.05, 0) is 45.6 Å². The highest BCUT2D eigenvalue weighted by molar-refractivity contribution is 7.92. The molecule has 2 heterocycles. The van der Waals surface area contributed by atoms with E-state index in [4.69, 9.17) is 15.2 Å². The van der Waals surface area contributed by atoms with Crippen LogP contribution in [0.15, 0.2) is 0 Å². The van der Waals surface area contributed by atoms with Gasteiger partial charge in [-0.2, -0.15) is 0 Å². The van der Waals surface area contributed by atoms with Gasteiger partial charge in [-0.3, -0.25) is 0 Å². The molecule has 2 saturated heterocycles. The molecular weight excluding hydrogens is 266 g/mol. The van der Waals surface area contributed by atoms with Crippen molar-refractivity contribution in [2.75, 3.05) is 26.4 Å². The lowest BCUT2D eigenvalue weighted by Crippen LogP contribution is -2.49. The summed E-state index contributed by atoms with van der Waals surface area (Å²) in [5.41, 5.74) is 5.22. The van der Waals surface area contributed by atoms with Gasteiger partial charge in [0.25, 0.3) is 0 Å². The third kappa shape index (κ3) is 3.29. The summed E-state index contributed by atoms with van der Waals surface area (Å²) in [5.74, 6) is 0. The molecule has 0 aromatic rings. The Morgan fingerprint density at radius 2 is 2.00 bits per heavy atom. The zero-order valence-electron chi connectivity index (χ0n) is 11.6. The maximum Gasteiger partial charge on any atom is 0.155 e. The van der Waals surface area contributed by atoms with E-state index in [1.165, 1.54) is 0 Å². The Bertz CT molecular complexity index is 384. The van der Waals surface area contributed by atoms with Crippen LogP contribution in [0.5, 0.6) is 0 Å². The molecule has 2 rings (SSSR count). The van der Waals surface area contributed by atoms with Gasteiger partial charge in [0, 0.05) is 19.8 Å². The molecule has 5 nitrogen and oxygen atoms in total. The largest absolute Gasteiger partial charge is 0.381 e. The number of hydrogen-bond donors (Lipinski definition) is 1. The van der Waals surface area contributed by atoms with Crippen LogP contribution in [0.2, 0.25) is 0 Å². The third-order valence-corrected chi connectivity index (χ3v) is 7.14. The molecule has 6 heteroatoms. The minimum Gasteiger partial charge on any atom is -0.381 e. The van der Waals surface area contributed by atoms with E-state index in [0.717, 1.165) is 12.8 Å². The topological polar surface area (TPSA) is 78.6 Å². The van der Waals surface area contributed by atoms with Crippen molar-refractivity contribution in [2.45, 2.75) is 55.1 Å². The second kappa shape index (κ2) is 6.08. The molecule has 0 amide bonds. The summed E-state index contributed by atoms with van der Waals surface area (Å²) in [6.07, 6.45) is 3.39. The Morgan fingerprint density at radius 1 is 1.32 bits per heavy atom.